The summed E-state index contributed by atoms with van der Waals surface area (Å²) in [6.07, 6.45) is 2.03. The summed E-state index contributed by atoms with van der Waals surface area (Å²) in [5, 5.41) is 20.3. The van der Waals surface area contributed by atoms with Crippen LogP contribution in [0.5, 0.6) is 5.75 Å². The molecule has 4 rings (SSSR count). The third-order valence-electron chi connectivity index (χ3n) is 4.10. The average Bonchev–Trinajstić information content (AvgIpc) is 3.10. The molecule has 0 atom stereocenters. The van der Waals surface area contributed by atoms with Crippen LogP contribution in [0.2, 0.25) is 0 Å². The fraction of sp³-hybridized carbons (Fsp3) is 0.0455. The fourth-order valence-corrected chi connectivity index (χ4v) is 2.98. The Morgan fingerprint density at radius 3 is 2.03 bits per heavy atom. The summed E-state index contributed by atoms with van der Waals surface area (Å²) in [6.45, 7) is 2.11. The molecule has 1 aromatic heterocycles. The second-order valence-electron chi connectivity index (χ2n) is 6.37. The molecular formula is C22H21N2NaO6S. The Labute approximate surface area is 207 Å². The minimum atomic E-state index is -4.08. The maximum Gasteiger partial charge on any atom is 1.00 e. The molecule has 0 fully saturated rings. The first-order valence-electron chi connectivity index (χ1n) is 8.94. The van der Waals surface area contributed by atoms with Gasteiger partial charge < -0.3 is 25.7 Å². The number of carboxylic acids is 1. The summed E-state index contributed by atoms with van der Waals surface area (Å²) in [7, 11) is -4.08. The monoisotopic (exact) mass is 464 g/mol. The van der Waals surface area contributed by atoms with Crippen molar-refractivity contribution in [3.8, 4) is 5.75 Å². The van der Waals surface area contributed by atoms with Crippen LogP contribution >= 0.6 is 0 Å². The smallest absolute Gasteiger partial charge is 0.545 e. The first-order chi connectivity index (χ1) is 14.6. The molecule has 10 heteroatoms. The Kier molecular flexibility index (Phi) is 10.4. The molecule has 0 aliphatic carbocycles. The number of aromatic amines is 1. The third-order valence-corrected chi connectivity index (χ3v) is 4.97. The van der Waals surface area contributed by atoms with Crippen molar-refractivity contribution in [3.05, 3.63) is 90.1 Å². The molecule has 8 nitrogen and oxygen atoms in total. The van der Waals surface area contributed by atoms with Crippen molar-refractivity contribution in [1.29, 1.82) is 0 Å². The number of fused-ring (bicyclic) bond motifs is 1. The molecule has 0 aliphatic heterocycles. The number of phenols is 1. The van der Waals surface area contributed by atoms with Crippen LogP contribution in [0.15, 0.2) is 83.9 Å². The SMILES string of the molecule is Cc1c[nH]c2ccccc12.Nc1ccc(S(=O)(=O)O)cc1.O=C([O-])c1ccccc1O.[Na+]. The third kappa shape index (κ3) is 8.03. The summed E-state index contributed by atoms with van der Waals surface area (Å²) < 4.78 is 29.4. The minimum Gasteiger partial charge on any atom is -0.545 e. The number of nitrogens with two attached hydrogens (primary N) is 1. The van der Waals surface area contributed by atoms with Crippen LogP contribution in [-0.4, -0.2) is 29.0 Å². The number of H-pyrrole nitrogens is 1. The van der Waals surface area contributed by atoms with Gasteiger partial charge in [0.25, 0.3) is 10.1 Å². The van der Waals surface area contributed by atoms with Gasteiger partial charge in [0.2, 0.25) is 0 Å². The van der Waals surface area contributed by atoms with Crippen LogP contribution in [0.1, 0.15) is 15.9 Å². The molecule has 162 valence electrons. The zero-order valence-corrected chi connectivity index (χ0v) is 20.3. The van der Waals surface area contributed by atoms with E-state index >= 15 is 0 Å². The second kappa shape index (κ2) is 12.3. The van der Waals surface area contributed by atoms with Crippen molar-refractivity contribution in [1.82, 2.24) is 4.98 Å². The van der Waals surface area contributed by atoms with Crippen LogP contribution in [0.3, 0.4) is 0 Å². The number of carbonyl (C=O) groups excluding carboxylic acids is 1. The minimum absolute atomic E-state index is 0. The number of nitrogens with one attached hydrogen (secondary N) is 1. The Bertz CT molecular complexity index is 1270. The van der Waals surface area contributed by atoms with E-state index in [1.807, 2.05) is 12.3 Å². The topological polar surface area (TPSA) is 157 Å². The van der Waals surface area contributed by atoms with Gasteiger partial charge in [-0.25, -0.2) is 0 Å². The van der Waals surface area contributed by atoms with Gasteiger partial charge in [-0.05, 0) is 55.0 Å². The van der Waals surface area contributed by atoms with Gasteiger partial charge in [-0.3, -0.25) is 4.55 Å². The van der Waals surface area contributed by atoms with E-state index in [-0.39, 0.29) is 45.8 Å². The Morgan fingerprint density at radius 1 is 0.969 bits per heavy atom. The molecule has 0 saturated carbocycles. The number of rotatable bonds is 2. The predicted octanol–water partition coefficient (Wildman–Crippen LogP) is -0.248. The number of hydrogen-bond acceptors (Lipinski definition) is 6. The molecule has 1 heterocycles. The van der Waals surface area contributed by atoms with E-state index in [0.29, 0.717) is 5.69 Å². The van der Waals surface area contributed by atoms with E-state index in [1.165, 1.54) is 58.9 Å². The number of aromatic nitrogens is 1. The molecule has 0 aliphatic rings. The van der Waals surface area contributed by atoms with Crippen molar-refractivity contribution in [3.63, 3.8) is 0 Å². The fourth-order valence-electron chi connectivity index (χ4n) is 2.50. The summed E-state index contributed by atoms with van der Waals surface area (Å²) in [6, 6.07) is 19.2. The predicted molar refractivity (Wildman–Crippen MR) is 116 cm³/mol. The van der Waals surface area contributed by atoms with E-state index in [4.69, 9.17) is 15.4 Å². The number of aryl methyl sites for hydroxylation is 1. The number of anilines is 1. The van der Waals surface area contributed by atoms with Crippen molar-refractivity contribution in [2.75, 3.05) is 5.73 Å². The van der Waals surface area contributed by atoms with E-state index in [2.05, 4.69) is 30.1 Å². The van der Waals surface area contributed by atoms with E-state index in [9.17, 15) is 18.3 Å². The Morgan fingerprint density at radius 2 is 1.53 bits per heavy atom. The van der Waals surface area contributed by atoms with E-state index in [0.717, 1.165) is 0 Å². The number of aromatic hydroxyl groups is 1. The van der Waals surface area contributed by atoms with Gasteiger partial charge in [0.1, 0.15) is 5.75 Å². The molecular weight excluding hydrogens is 443 g/mol. The number of hydrogen-bond donors (Lipinski definition) is 4. The summed E-state index contributed by atoms with van der Waals surface area (Å²) in [5.74, 6) is -1.62. The van der Waals surface area contributed by atoms with E-state index < -0.39 is 16.1 Å². The van der Waals surface area contributed by atoms with Crippen LogP contribution in [0.25, 0.3) is 10.9 Å². The van der Waals surface area contributed by atoms with Gasteiger partial charge in [0, 0.05) is 28.4 Å². The van der Waals surface area contributed by atoms with Crippen LogP contribution in [0, 0.1) is 6.92 Å². The Balaban J connectivity index is 0.000000237. The molecule has 0 spiro atoms. The van der Waals surface area contributed by atoms with Gasteiger partial charge in [-0.2, -0.15) is 8.42 Å². The summed E-state index contributed by atoms with van der Waals surface area (Å²) in [5.41, 5.74) is 8.11. The summed E-state index contributed by atoms with van der Waals surface area (Å²) >= 11 is 0. The van der Waals surface area contributed by atoms with Gasteiger partial charge in [0.05, 0.1) is 10.9 Å². The second-order valence-corrected chi connectivity index (χ2v) is 7.79. The molecule has 4 aromatic rings. The maximum absolute atomic E-state index is 10.5. The van der Waals surface area contributed by atoms with Crippen LogP contribution in [0.4, 0.5) is 5.69 Å². The zero-order valence-electron chi connectivity index (χ0n) is 17.5. The standard InChI is InChI=1S/C9H9N.C7H6O3.C6H7NO3S.Na/c1-7-6-10-9-5-3-2-4-8(7)9;8-6-4-2-1-3-5(6)7(9)10;7-5-1-3-6(4-2-5)11(8,9)10;/h2-6,10H,1H3;1-4,8H,(H,9,10);1-4H,7H2,(H,8,9,10);/q;;;+1/p-1. The number of carboxylic acid groups (broad SMARTS) is 1. The molecule has 0 amide bonds. The van der Waals surface area contributed by atoms with Gasteiger partial charge in [0.15, 0.2) is 0 Å². The van der Waals surface area contributed by atoms with Crippen LogP contribution < -0.4 is 40.4 Å². The van der Waals surface area contributed by atoms with Gasteiger partial charge in [-0.15, -0.1) is 0 Å². The van der Waals surface area contributed by atoms with Gasteiger partial charge in [-0.1, -0.05) is 30.3 Å². The molecule has 32 heavy (non-hydrogen) atoms. The average molecular weight is 464 g/mol. The molecule has 3 aromatic carbocycles. The largest absolute Gasteiger partial charge is 1.00 e. The summed E-state index contributed by atoms with van der Waals surface area (Å²) in [4.78, 5) is 13.2. The number of aromatic carboxylic acids is 1. The van der Waals surface area contributed by atoms with Crippen molar-refractivity contribution in [2.45, 2.75) is 11.8 Å². The van der Waals surface area contributed by atoms with Crippen LogP contribution in [-0.2, 0) is 10.1 Å². The van der Waals surface area contributed by atoms with Crippen molar-refractivity contribution >= 4 is 32.7 Å². The van der Waals surface area contributed by atoms with Crippen molar-refractivity contribution in [2.24, 2.45) is 0 Å². The molecule has 0 saturated heterocycles. The van der Waals surface area contributed by atoms with Crippen molar-refractivity contribution < 1.29 is 57.5 Å². The normalized spacial score (nSPS) is 10.1. The van der Waals surface area contributed by atoms with E-state index in [1.54, 1.807) is 6.07 Å². The number of nitrogen functional groups attached to an aromatic ring is 1. The maximum atomic E-state index is 10.5. The van der Waals surface area contributed by atoms with Gasteiger partial charge >= 0.3 is 29.6 Å². The zero-order chi connectivity index (χ0) is 23.0. The first-order valence-corrected chi connectivity index (χ1v) is 10.4. The number of benzene rings is 3. The Hall–Kier alpha value is -2.82. The number of carbonyl (C=O) groups is 1. The first kappa shape index (κ1) is 27.2. The molecule has 0 unspecified atom stereocenters. The molecule has 0 bridgehead atoms. The molecule has 5 N–H and O–H groups in total. The quantitative estimate of drug-likeness (QED) is 0.181. The number of para-hydroxylation sites is 2. The molecule has 0 radical (unpaired) electrons.